The fourth-order valence-electron chi connectivity index (χ4n) is 1.53. The van der Waals surface area contributed by atoms with Crippen LogP contribution in [0.15, 0.2) is 36.4 Å². The van der Waals surface area contributed by atoms with Crippen molar-refractivity contribution < 1.29 is 9.59 Å². The minimum atomic E-state index is -0.260. The third-order valence-corrected chi connectivity index (χ3v) is 2.36. The van der Waals surface area contributed by atoms with Crippen molar-refractivity contribution in [2.45, 2.75) is 6.92 Å². The summed E-state index contributed by atoms with van der Waals surface area (Å²) in [7, 11) is 0. The van der Waals surface area contributed by atoms with Crippen LogP contribution in [0, 0.1) is 6.92 Å². The minimum Gasteiger partial charge on any atom is -0.348 e. The zero-order chi connectivity index (χ0) is 12.3. The van der Waals surface area contributed by atoms with E-state index < -0.39 is 0 Å². The van der Waals surface area contributed by atoms with Gasteiger partial charge in [-0.15, -0.1) is 0 Å². The molecule has 0 aliphatic carbocycles. The summed E-state index contributed by atoms with van der Waals surface area (Å²) in [5.41, 5.74) is 2.56. The number of aromatic nitrogens is 1. The maximum atomic E-state index is 11.8. The summed E-state index contributed by atoms with van der Waals surface area (Å²) in [6.45, 7) is 1.95. The van der Waals surface area contributed by atoms with Crippen molar-refractivity contribution in [3.8, 4) is 0 Å². The first-order chi connectivity index (χ1) is 8.19. The number of hydrogen-bond acceptors (Lipinski definition) is 2. The molecule has 4 heteroatoms. The SMILES string of the molecule is Cc1cccc(NC(=O)c2ccc(C=O)[nH]2)c1. The van der Waals surface area contributed by atoms with Crippen molar-refractivity contribution in [3.63, 3.8) is 0 Å². The molecule has 86 valence electrons. The van der Waals surface area contributed by atoms with Crippen LogP contribution in [0.3, 0.4) is 0 Å². The summed E-state index contributed by atoms with van der Waals surface area (Å²) in [6, 6.07) is 10.7. The van der Waals surface area contributed by atoms with E-state index in [1.807, 2.05) is 31.2 Å². The third-order valence-electron chi connectivity index (χ3n) is 2.36. The molecule has 0 radical (unpaired) electrons. The molecular formula is C13H12N2O2. The average molecular weight is 228 g/mol. The number of benzene rings is 1. The molecule has 2 rings (SSSR count). The van der Waals surface area contributed by atoms with E-state index in [4.69, 9.17) is 0 Å². The number of aldehydes is 1. The summed E-state index contributed by atoms with van der Waals surface area (Å²) in [4.78, 5) is 25.0. The Morgan fingerprint density at radius 3 is 2.76 bits per heavy atom. The molecule has 2 aromatic rings. The van der Waals surface area contributed by atoms with E-state index in [0.29, 0.717) is 17.7 Å². The molecule has 1 aromatic carbocycles. The summed E-state index contributed by atoms with van der Waals surface area (Å²) < 4.78 is 0. The van der Waals surface area contributed by atoms with E-state index in [9.17, 15) is 9.59 Å². The first-order valence-electron chi connectivity index (χ1n) is 5.21. The maximum absolute atomic E-state index is 11.8. The molecule has 17 heavy (non-hydrogen) atoms. The Kier molecular flexibility index (Phi) is 3.05. The van der Waals surface area contributed by atoms with Gasteiger partial charge in [-0.2, -0.15) is 0 Å². The monoisotopic (exact) mass is 228 g/mol. The van der Waals surface area contributed by atoms with Gasteiger partial charge in [0.2, 0.25) is 0 Å². The highest BCUT2D eigenvalue weighted by atomic mass is 16.2. The van der Waals surface area contributed by atoms with E-state index in [1.165, 1.54) is 0 Å². The number of aromatic amines is 1. The van der Waals surface area contributed by atoms with Crippen LogP contribution in [-0.2, 0) is 0 Å². The fourth-order valence-corrected chi connectivity index (χ4v) is 1.53. The standard InChI is InChI=1S/C13H12N2O2/c1-9-3-2-4-10(7-9)15-13(17)12-6-5-11(8-16)14-12/h2-8,14H,1H3,(H,15,17). The van der Waals surface area contributed by atoms with Gasteiger partial charge in [-0.1, -0.05) is 12.1 Å². The Labute approximate surface area is 98.7 Å². The Bertz CT molecular complexity index is 558. The predicted octanol–water partition coefficient (Wildman–Crippen LogP) is 2.39. The summed E-state index contributed by atoms with van der Waals surface area (Å²) in [6.07, 6.45) is 0.670. The smallest absolute Gasteiger partial charge is 0.272 e. The molecule has 1 heterocycles. The lowest BCUT2D eigenvalue weighted by Gasteiger charge is -2.04. The number of carbonyl (C=O) groups is 2. The van der Waals surface area contributed by atoms with Crippen molar-refractivity contribution in [2.75, 3.05) is 5.32 Å². The van der Waals surface area contributed by atoms with Gasteiger partial charge in [0.25, 0.3) is 5.91 Å². The van der Waals surface area contributed by atoms with Crippen molar-refractivity contribution in [3.05, 3.63) is 53.3 Å². The molecule has 4 nitrogen and oxygen atoms in total. The van der Waals surface area contributed by atoms with Crippen molar-refractivity contribution >= 4 is 17.9 Å². The van der Waals surface area contributed by atoms with Gasteiger partial charge in [0, 0.05) is 5.69 Å². The van der Waals surface area contributed by atoms with Crippen LogP contribution in [0.1, 0.15) is 26.5 Å². The lowest BCUT2D eigenvalue weighted by molar-refractivity contribution is 0.102. The van der Waals surface area contributed by atoms with E-state index in [1.54, 1.807) is 12.1 Å². The molecule has 0 atom stereocenters. The summed E-state index contributed by atoms with van der Waals surface area (Å²) in [5, 5.41) is 2.75. The topological polar surface area (TPSA) is 62.0 Å². The first-order valence-corrected chi connectivity index (χ1v) is 5.21. The van der Waals surface area contributed by atoms with Gasteiger partial charge in [-0.05, 0) is 36.8 Å². The molecule has 0 aliphatic rings. The third kappa shape index (κ3) is 2.60. The average Bonchev–Trinajstić information content (AvgIpc) is 2.77. The van der Waals surface area contributed by atoms with Crippen LogP contribution < -0.4 is 5.32 Å². The van der Waals surface area contributed by atoms with Crippen LogP contribution in [0.2, 0.25) is 0 Å². The van der Waals surface area contributed by atoms with Gasteiger partial charge in [-0.25, -0.2) is 0 Å². The number of hydrogen-bond donors (Lipinski definition) is 2. The Hall–Kier alpha value is -2.36. The number of aryl methyl sites for hydroxylation is 1. The molecule has 0 saturated carbocycles. The van der Waals surface area contributed by atoms with Gasteiger partial charge in [0.15, 0.2) is 6.29 Å². The van der Waals surface area contributed by atoms with Gasteiger partial charge in [-0.3, -0.25) is 9.59 Å². The largest absolute Gasteiger partial charge is 0.348 e. The lowest BCUT2D eigenvalue weighted by atomic mass is 10.2. The quantitative estimate of drug-likeness (QED) is 0.792. The molecular weight excluding hydrogens is 216 g/mol. The number of anilines is 1. The Balaban J connectivity index is 2.14. The highest BCUT2D eigenvalue weighted by Crippen LogP contribution is 2.11. The number of H-pyrrole nitrogens is 1. The van der Waals surface area contributed by atoms with E-state index >= 15 is 0 Å². The first kappa shape index (κ1) is 11.1. The molecule has 0 spiro atoms. The normalized spacial score (nSPS) is 9.94. The second-order valence-corrected chi connectivity index (χ2v) is 3.77. The zero-order valence-corrected chi connectivity index (χ0v) is 9.36. The molecule has 0 saturated heterocycles. The zero-order valence-electron chi connectivity index (χ0n) is 9.36. The molecule has 2 N–H and O–H groups in total. The van der Waals surface area contributed by atoms with Gasteiger partial charge < -0.3 is 10.3 Å². The number of rotatable bonds is 3. The second kappa shape index (κ2) is 4.65. The van der Waals surface area contributed by atoms with E-state index in [2.05, 4.69) is 10.3 Å². The molecule has 0 bridgehead atoms. The number of carbonyl (C=O) groups excluding carboxylic acids is 2. The highest BCUT2D eigenvalue weighted by Gasteiger charge is 2.08. The van der Waals surface area contributed by atoms with E-state index in [0.717, 1.165) is 11.3 Å². The van der Waals surface area contributed by atoms with Crippen molar-refractivity contribution in [2.24, 2.45) is 0 Å². The maximum Gasteiger partial charge on any atom is 0.272 e. The van der Waals surface area contributed by atoms with Crippen LogP contribution in [0.25, 0.3) is 0 Å². The van der Waals surface area contributed by atoms with Gasteiger partial charge >= 0.3 is 0 Å². The number of amides is 1. The molecule has 0 fully saturated rings. The van der Waals surface area contributed by atoms with Crippen LogP contribution in [-0.4, -0.2) is 17.2 Å². The number of nitrogens with one attached hydrogen (secondary N) is 2. The summed E-state index contributed by atoms with van der Waals surface area (Å²) >= 11 is 0. The highest BCUT2D eigenvalue weighted by molar-refractivity contribution is 6.03. The molecule has 1 amide bonds. The van der Waals surface area contributed by atoms with Gasteiger partial charge in [0.1, 0.15) is 5.69 Å². The predicted molar refractivity (Wildman–Crippen MR) is 65.3 cm³/mol. The van der Waals surface area contributed by atoms with Crippen LogP contribution >= 0.6 is 0 Å². The van der Waals surface area contributed by atoms with Gasteiger partial charge in [0.05, 0.1) is 5.69 Å². The van der Waals surface area contributed by atoms with Crippen molar-refractivity contribution in [1.29, 1.82) is 0 Å². The van der Waals surface area contributed by atoms with Crippen LogP contribution in [0.5, 0.6) is 0 Å². The summed E-state index contributed by atoms with van der Waals surface area (Å²) in [5.74, 6) is -0.260. The minimum absolute atomic E-state index is 0.260. The Morgan fingerprint density at radius 1 is 1.29 bits per heavy atom. The van der Waals surface area contributed by atoms with Crippen LogP contribution in [0.4, 0.5) is 5.69 Å². The molecule has 0 unspecified atom stereocenters. The Morgan fingerprint density at radius 2 is 2.12 bits per heavy atom. The second-order valence-electron chi connectivity index (χ2n) is 3.77. The lowest BCUT2D eigenvalue weighted by Crippen LogP contribution is -2.12. The van der Waals surface area contributed by atoms with E-state index in [-0.39, 0.29) is 5.91 Å². The molecule has 0 aliphatic heterocycles. The molecule has 1 aromatic heterocycles. The van der Waals surface area contributed by atoms with Crippen molar-refractivity contribution in [1.82, 2.24) is 4.98 Å². The fraction of sp³-hybridized carbons (Fsp3) is 0.0769.